The molecule has 1 aromatic rings. The number of ether oxygens (including phenoxy) is 1. The first kappa shape index (κ1) is 14.8. The predicted octanol–water partition coefficient (Wildman–Crippen LogP) is 2.16. The first-order chi connectivity index (χ1) is 8.06. The van der Waals surface area contributed by atoms with E-state index in [1.54, 1.807) is 6.92 Å². The maximum absolute atomic E-state index is 10.9. The standard InChI is InChI=1S/C10H13NO2.CH2O3/c1-2-13-10(12)11-8-9-6-4-3-5-7-9;2-1(3)4/h3-7H,2,8H2,1H3,(H,11,12);(H2,2,3,4). The molecule has 0 aromatic heterocycles. The van der Waals surface area contributed by atoms with Crippen molar-refractivity contribution in [1.82, 2.24) is 5.32 Å². The molecular weight excluding hydrogens is 226 g/mol. The van der Waals surface area contributed by atoms with Gasteiger partial charge < -0.3 is 20.3 Å². The fourth-order valence-corrected chi connectivity index (χ4v) is 0.952. The van der Waals surface area contributed by atoms with Crippen LogP contribution in [0, 0.1) is 0 Å². The van der Waals surface area contributed by atoms with Crippen LogP contribution in [0.3, 0.4) is 0 Å². The van der Waals surface area contributed by atoms with Crippen molar-refractivity contribution >= 4 is 12.2 Å². The minimum Gasteiger partial charge on any atom is -0.450 e. The van der Waals surface area contributed by atoms with E-state index in [0.29, 0.717) is 13.2 Å². The Kier molecular flexibility index (Phi) is 7.83. The topological polar surface area (TPSA) is 95.9 Å². The number of benzene rings is 1. The van der Waals surface area contributed by atoms with Crippen LogP contribution in [-0.4, -0.2) is 29.1 Å². The van der Waals surface area contributed by atoms with Crippen molar-refractivity contribution in [3.05, 3.63) is 35.9 Å². The summed E-state index contributed by atoms with van der Waals surface area (Å²) in [6.07, 6.45) is -2.20. The fourth-order valence-electron chi connectivity index (χ4n) is 0.952. The lowest BCUT2D eigenvalue weighted by atomic mass is 10.2. The van der Waals surface area contributed by atoms with Gasteiger partial charge in [0.1, 0.15) is 0 Å². The van der Waals surface area contributed by atoms with Crippen molar-refractivity contribution < 1.29 is 24.5 Å². The normalized spacial score (nSPS) is 8.53. The summed E-state index contributed by atoms with van der Waals surface area (Å²) < 4.78 is 4.71. The number of amides is 1. The Morgan fingerprint density at radius 1 is 1.24 bits per heavy atom. The van der Waals surface area contributed by atoms with Crippen LogP contribution in [-0.2, 0) is 11.3 Å². The highest BCUT2D eigenvalue weighted by Gasteiger charge is 1.98. The molecule has 1 rings (SSSR count). The zero-order valence-corrected chi connectivity index (χ0v) is 9.42. The van der Waals surface area contributed by atoms with Crippen molar-refractivity contribution in [3.63, 3.8) is 0 Å². The lowest BCUT2D eigenvalue weighted by molar-refractivity contribution is 0.136. The molecule has 0 aliphatic rings. The molecule has 6 nitrogen and oxygen atoms in total. The van der Waals surface area contributed by atoms with Crippen LogP contribution in [0.5, 0.6) is 0 Å². The first-order valence-corrected chi connectivity index (χ1v) is 4.92. The Balaban J connectivity index is 0.000000557. The van der Waals surface area contributed by atoms with Crippen LogP contribution in [0.1, 0.15) is 12.5 Å². The molecule has 0 heterocycles. The van der Waals surface area contributed by atoms with Crippen LogP contribution in [0.25, 0.3) is 0 Å². The van der Waals surface area contributed by atoms with Crippen LogP contribution in [0.2, 0.25) is 0 Å². The molecule has 0 aliphatic heterocycles. The molecule has 0 saturated carbocycles. The molecule has 1 amide bonds. The van der Waals surface area contributed by atoms with Gasteiger partial charge in [-0.1, -0.05) is 30.3 Å². The fraction of sp³-hybridized carbons (Fsp3) is 0.273. The number of nitrogens with one attached hydrogen (secondary N) is 1. The number of carbonyl (C=O) groups is 2. The minimum absolute atomic E-state index is 0.369. The lowest BCUT2D eigenvalue weighted by Gasteiger charge is -2.04. The monoisotopic (exact) mass is 241 g/mol. The van der Waals surface area contributed by atoms with Gasteiger partial charge >= 0.3 is 12.2 Å². The minimum atomic E-state index is -1.83. The first-order valence-electron chi connectivity index (χ1n) is 4.92. The van der Waals surface area contributed by atoms with E-state index in [-0.39, 0.29) is 6.09 Å². The molecule has 0 fully saturated rings. The van der Waals surface area contributed by atoms with Crippen molar-refractivity contribution in [2.45, 2.75) is 13.5 Å². The summed E-state index contributed by atoms with van der Waals surface area (Å²) in [5, 5.41) is 16.6. The molecular formula is C11H15NO5. The molecule has 6 heteroatoms. The molecule has 0 spiro atoms. The van der Waals surface area contributed by atoms with Gasteiger partial charge in [0.2, 0.25) is 0 Å². The Labute approximate surface area is 98.8 Å². The van der Waals surface area contributed by atoms with Gasteiger partial charge in [-0.15, -0.1) is 0 Å². The maximum atomic E-state index is 10.9. The average molecular weight is 241 g/mol. The Bertz CT molecular complexity index is 335. The third kappa shape index (κ3) is 10.1. The summed E-state index contributed by atoms with van der Waals surface area (Å²) in [6.45, 7) is 2.70. The van der Waals surface area contributed by atoms with Crippen molar-refractivity contribution in [1.29, 1.82) is 0 Å². The third-order valence-electron chi connectivity index (χ3n) is 1.56. The van der Waals surface area contributed by atoms with Crippen LogP contribution in [0.4, 0.5) is 9.59 Å². The lowest BCUT2D eigenvalue weighted by Crippen LogP contribution is -2.23. The van der Waals surface area contributed by atoms with Gasteiger partial charge in [-0.05, 0) is 12.5 Å². The maximum Gasteiger partial charge on any atom is 0.503 e. The zero-order chi connectivity index (χ0) is 13.1. The zero-order valence-electron chi connectivity index (χ0n) is 9.42. The largest absolute Gasteiger partial charge is 0.503 e. The average Bonchev–Trinajstić information content (AvgIpc) is 2.27. The Morgan fingerprint density at radius 2 is 1.76 bits per heavy atom. The summed E-state index contributed by atoms with van der Waals surface area (Å²) in [7, 11) is 0. The van der Waals surface area contributed by atoms with Crippen LogP contribution >= 0.6 is 0 Å². The Morgan fingerprint density at radius 3 is 2.24 bits per heavy atom. The molecule has 0 unspecified atom stereocenters. The molecule has 0 saturated heterocycles. The summed E-state index contributed by atoms with van der Waals surface area (Å²) in [5.41, 5.74) is 1.07. The Hall–Kier alpha value is -2.24. The predicted molar refractivity (Wildman–Crippen MR) is 61.0 cm³/mol. The van der Waals surface area contributed by atoms with E-state index < -0.39 is 6.16 Å². The van der Waals surface area contributed by atoms with Gasteiger partial charge in [0.25, 0.3) is 0 Å². The van der Waals surface area contributed by atoms with Crippen molar-refractivity contribution in [3.8, 4) is 0 Å². The molecule has 94 valence electrons. The summed E-state index contributed by atoms with van der Waals surface area (Å²) in [4.78, 5) is 19.4. The quantitative estimate of drug-likeness (QED) is 0.753. The smallest absolute Gasteiger partial charge is 0.450 e. The SMILES string of the molecule is CCOC(=O)NCc1ccccc1.O=C(O)O. The molecule has 0 atom stereocenters. The van der Waals surface area contributed by atoms with E-state index in [2.05, 4.69) is 5.32 Å². The summed E-state index contributed by atoms with van der Waals surface area (Å²) >= 11 is 0. The molecule has 3 N–H and O–H groups in total. The second-order valence-electron chi connectivity index (χ2n) is 2.84. The molecule has 0 aliphatic carbocycles. The van der Waals surface area contributed by atoms with E-state index >= 15 is 0 Å². The van der Waals surface area contributed by atoms with Crippen LogP contribution in [0.15, 0.2) is 30.3 Å². The van der Waals surface area contributed by atoms with E-state index in [0.717, 1.165) is 5.56 Å². The highest BCUT2D eigenvalue weighted by atomic mass is 16.6. The molecule has 0 bridgehead atoms. The second kappa shape index (κ2) is 9.02. The summed E-state index contributed by atoms with van der Waals surface area (Å²) in [5.74, 6) is 0. The number of carbonyl (C=O) groups excluding carboxylic acids is 1. The molecule has 17 heavy (non-hydrogen) atoms. The molecule has 0 radical (unpaired) electrons. The van der Waals surface area contributed by atoms with Crippen molar-refractivity contribution in [2.75, 3.05) is 6.61 Å². The number of carboxylic acid groups (broad SMARTS) is 2. The third-order valence-corrected chi connectivity index (χ3v) is 1.56. The van der Waals surface area contributed by atoms with E-state index in [9.17, 15) is 4.79 Å². The number of hydrogen-bond donors (Lipinski definition) is 3. The van der Waals surface area contributed by atoms with Gasteiger partial charge in [-0.25, -0.2) is 9.59 Å². The van der Waals surface area contributed by atoms with Gasteiger partial charge in [0.15, 0.2) is 0 Å². The number of alkyl carbamates (subject to hydrolysis) is 1. The van der Waals surface area contributed by atoms with Gasteiger partial charge in [-0.2, -0.15) is 0 Å². The second-order valence-corrected chi connectivity index (χ2v) is 2.84. The van der Waals surface area contributed by atoms with Crippen LogP contribution < -0.4 is 5.32 Å². The van der Waals surface area contributed by atoms with Gasteiger partial charge in [0.05, 0.1) is 6.61 Å². The highest BCUT2D eigenvalue weighted by Crippen LogP contribution is 1.97. The summed E-state index contributed by atoms with van der Waals surface area (Å²) in [6, 6.07) is 9.71. The van der Waals surface area contributed by atoms with Gasteiger partial charge in [0, 0.05) is 6.54 Å². The molecule has 1 aromatic carbocycles. The highest BCUT2D eigenvalue weighted by molar-refractivity contribution is 5.67. The number of rotatable bonds is 3. The number of hydrogen-bond acceptors (Lipinski definition) is 3. The van der Waals surface area contributed by atoms with Gasteiger partial charge in [-0.3, -0.25) is 0 Å². The van der Waals surface area contributed by atoms with Crippen molar-refractivity contribution in [2.24, 2.45) is 0 Å². The van der Waals surface area contributed by atoms with E-state index in [1.165, 1.54) is 0 Å². The van der Waals surface area contributed by atoms with E-state index in [4.69, 9.17) is 19.7 Å². The van der Waals surface area contributed by atoms with E-state index in [1.807, 2.05) is 30.3 Å².